The predicted octanol–water partition coefficient (Wildman–Crippen LogP) is 4.02. The number of benzene rings is 1. The topological polar surface area (TPSA) is 38.7 Å². The molecule has 0 radical (unpaired) electrons. The Kier molecular flexibility index (Phi) is 5.48. The number of methoxy groups -OCH3 is 2. The predicted molar refractivity (Wildman–Crippen MR) is 80.3 cm³/mol. The van der Waals surface area contributed by atoms with E-state index in [-0.39, 0.29) is 0 Å². The van der Waals surface area contributed by atoms with Gasteiger partial charge in [-0.15, -0.1) is 0 Å². The van der Waals surface area contributed by atoms with Gasteiger partial charge in [0.15, 0.2) is 0 Å². The zero-order chi connectivity index (χ0) is 14.4. The summed E-state index contributed by atoms with van der Waals surface area (Å²) in [6.45, 7) is 0. The first-order valence-corrected chi connectivity index (χ1v) is 7.35. The van der Waals surface area contributed by atoms with Gasteiger partial charge in [-0.05, 0) is 43.4 Å². The van der Waals surface area contributed by atoms with E-state index in [1.54, 1.807) is 14.2 Å². The van der Waals surface area contributed by atoms with E-state index in [1.807, 2.05) is 18.2 Å². The molecule has 0 heterocycles. The van der Waals surface area contributed by atoms with Crippen LogP contribution < -0.4 is 9.47 Å². The van der Waals surface area contributed by atoms with Crippen molar-refractivity contribution in [2.75, 3.05) is 14.2 Å². The van der Waals surface area contributed by atoms with Crippen molar-refractivity contribution in [2.45, 2.75) is 44.6 Å². The second-order valence-corrected chi connectivity index (χ2v) is 5.21. The van der Waals surface area contributed by atoms with Crippen LogP contribution in [-0.4, -0.2) is 19.3 Å². The summed E-state index contributed by atoms with van der Waals surface area (Å²) in [7, 11) is 3.25. The molecular weight excluding hydrogens is 252 g/mol. The lowest BCUT2D eigenvalue weighted by Crippen LogP contribution is -2.07. The maximum absolute atomic E-state index is 10.8. The zero-order valence-corrected chi connectivity index (χ0v) is 12.4. The molecule has 0 amide bonds. The molecule has 3 heteroatoms. The summed E-state index contributed by atoms with van der Waals surface area (Å²) < 4.78 is 10.8. The van der Waals surface area contributed by atoms with Gasteiger partial charge >= 0.3 is 0 Å². The summed E-state index contributed by atoms with van der Waals surface area (Å²) in [4.78, 5) is 0. The van der Waals surface area contributed by atoms with Gasteiger partial charge in [0, 0.05) is 0 Å². The first-order chi connectivity index (χ1) is 9.77. The Morgan fingerprint density at radius 1 is 1.00 bits per heavy atom. The number of aliphatic hydroxyl groups excluding tert-OH is 1. The smallest absolute Gasteiger partial charge is 0.128 e. The Morgan fingerprint density at radius 2 is 1.65 bits per heavy atom. The molecule has 2 rings (SSSR count). The second kappa shape index (κ2) is 7.34. The molecule has 1 aliphatic carbocycles. The van der Waals surface area contributed by atoms with Crippen molar-refractivity contribution < 1.29 is 14.6 Å². The van der Waals surface area contributed by atoms with E-state index in [1.165, 1.54) is 19.3 Å². The highest BCUT2D eigenvalue weighted by atomic mass is 16.5. The minimum absolute atomic E-state index is 0.640. The second-order valence-electron chi connectivity index (χ2n) is 5.21. The van der Waals surface area contributed by atoms with Gasteiger partial charge in [0.2, 0.25) is 0 Å². The zero-order valence-electron chi connectivity index (χ0n) is 12.4. The Morgan fingerprint density at radius 3 is 2.30 bits per heavy atom. The van der Waals surface area contributed by atoms with Gasteiger partial charge in [0.25, 0.3) is 0 Å². The molecule has 1 unspecified atom stereocenters. The maximum atomic E-state index is 10.8. The third-order valence-corrected chi connectivity index (χ3v) is 3.92. The van der Waals surface area contributed by atoms with E-state index in [2.05, 4.69) is 6.08 Å². The highest BCUT2D eigenvalue weighted by molar-refractivity contribution is 5.49. The van der Waals surface area contributed by atoms with E-state index >= 15 is 0 Å². The van der Waals surface area contributed by atoms with E-state index < -0.39 is 6.10 Å². The van der Waals surface area contributed by atoms with E-state index in [0.29, 0.717) is 11.5 Å². The molecule has 0 aliphatic heterocycles. The quantitative estimate of drug-likeness (QED) is 0.844. The number of allylic oxidation sites excluding steroid dienone is 1. The molecule has 0 saturated carbocycles. The van der Waals surface area contributed by atoms with Crippen LogP contribution in [0.3, 0.4) is 0 Å². The average molecular weight is 276 g/mol. The molecule has 20 heavy (non-hydrogen) atoms. The highest BCUT2D eigenvalue weighted by Crippen LogP contribution is 2.39. The van der Waals surface area contributed by atoms with Gasteiger partial charge < -0.3 is 14.6 Å². The lowest BCUT2D eigenvalue weighted by molar-refractivity contribution is 0.198. The first-order valence-electron chi connectivity index (χ1n) is 7.35. The van der Waals surface area contributed by atoms with Gasteiger partial charge in [-0.3, -0.25) is 0 Å². The van der Waals surface area contributed by atoms with Crippen molar-refractivity contribution in [3.05, 3.63) is 35.4 Å². The van der Waals surface area contributed by atoms with Crippen LogP contribution >= 0.6 is 0 Å². The largest absolute Gasteiger partial charge is 0.496 e. The molecule has 1 aliphatic rings. The normalized spacial score (nSPS) is 20.2. The van der Waals surface area contributed by atoms with Gasteiger partial charge in [-0.25, -0.2) is 0 Å². The molecule has 1 aromatic carbocycles. The molecule has 1 aromatic rings. The van der Waals surface area contributed by atoms with Crippen LogP contribution in [0.5, 0.6) is 11.5 Å². The Bertz CT molecular complexity index is 443. The third-order valence-electron chi connectivity index (χ3n) is 3.92. The van der Waals surface area contributed by atoms with E-state index in [0.717, 1.165) is 30.4 Å². The summed E-state index contributed by atoms with van der Waals surface area (Å²) in [6.07, 6.45) is 8.42. The fourth-order valence-electron chi connectivity index (χ4n) is 2.80. The molecule has 0 bridgehead atoms. The van der Waals surface area contributed by atoms with Crippen LogP contribution in [0.4, 0.5) is 0 Å². The van der Waals surface area contributed by atoms with Crippen LogP contribution in [0.25, 0.3) is 0 Å². The van der Waals surface area contributed by atoms with Crippen molar-refractivity contribution in [3.63, 3.8) is 0 Å². The Hall–Kier alpha value is -1.48. The lowest BCUT2D eigenvalue weighted by atomic mass is 9.92. The van der Waals surface area contributed by atoms with Crippen LogP contribution in [0.15, 0.2) is 29.8 Å². The summed E-state index contributed by atoms with van der Waals surface area (Å²) in [6, 6.07) is 5.61. The van der Waals surface area contributed by atoms with Crippen molar-refractivity contribution in [3.8, 4) is 11.5 Å². The molecule has 0 saturated heterocycles. The standard InChI is InChI=1S/C17H24O3/c1-19-14-11-8-12-15(20-2)16(14)17(18)13-9-6-4-3-5-7-10-13/h8-9,11-12,17-18H,3-7,10H2,1-2H3/b13-9+. The van der Waals surface area contributed by atoms with Crippen molar-refractivity contribution in [2.24, 2.45) is 0 Å². The van der Waals surface area contributed by atoms with Gasteiger partial charge in [-0.2, -0.15) is 0 Å². The van der Waals surface area contributed by atoms with E-state index in [9.17, 15) is 5.11 Å². The van der Waals surface area contributed by atoms with Crippen LogP contribution in [0.1, 0.15) is 50.2 Å². The van der Waals surface area contributed by atoms with Crippen molar-refractivity contribution in [1.29, 1.82) is 0 Å². The fraction of sp³-hybridized carbons (Fsp3) is 0.529. The third kappa shape index (κ3) is 3.34. The number of hydrogen-bond donors (Lipinski definition) is 1. The van der Waals surface area contributed by atoms with Crippen molar-refractivity contribution in [1.82, 2.24) is 0 Å². The Balaban J connectivity index is 2.33. The Labute approximate surface area is 121 Å². The molecule has 110 valence electrons. The fourth-order valence-corrected chi connectivity index (χ4v) is 2.80. The molecule has 0 aromatic heterocycles. The van der Waals surface area contributed by atoms with Crippen LogP contribution in [-0.2, 0) is 0 Å². The summed E-state index contributed by atoms with van der Waals surface area (Å²) >= 11 is 0. The molecular formula is C17H24O3. The minimum Gasteiger partial charge on any atom is -0.496 e. The van der Waals surface area contributed by atoms with Gasteiger partial charge in [0.05, 0.1) is 19.8 Å². The summed E-state index contributed by atoms with van der Waals surface area (Å²) in [5, 5.41) is 10.8. The van der Waals surface area contributed by atoms with Crippen LogP contribution in [0.2, 0.25) is 0 Å². The molecule has 1 atom stereocenters. The minimum atomic E-state index is -0.640. The summed E-state index contributed by atoms with van der Waals surface area (Å²) in [5.41, 5.74) is 1.83. The van der Waals surface area contributed by atoms with Crippen LogP contribution in [0, 0.1) is 0 Å². The lowest BCUT2D eigenvalue weighted by Gasteiger charge is -2.21. The average Bonchev–Trinajstić information content (AvgIpc) is 2.45. The molecule has 1 N–H and O–H groups in total. The van der Waals surface area contributed by atoms with Crippen molar-refractivity contribution >= 4 is 0 Å². The SMILES string of the molecule is COc1cccc(OC)c1C(O)/C1=C/CCCCCC1. The number of rotatable bonds is 4. The number of ether oxygens (including phenoxy) is 2. The molecule has 0 spiro atoms. The number of hydrogen-bond acceptors (Lipinski definition) is 3. The maximum Gasteiger partial charge on any atom is 0.128 e. The molecule has 3 nitrogen and oxygen atoms in total. The first kappa shape index (κ1) is 14.9. The van der Waals surface area contributed by atoms with Gasteiger partial charge in [-0.1, -0.05) is 25.0 Å². The van der Waals surface area contributed by atoms with Gasteiger partial charge in [0.1, 0.15) is 17.6 Å². The monoisotopic (exact) mass is 276 g/mol. The van der Waals surface area contributed by atoms with E-state index in [4.69, 9.17) is 9.47 Å². The number of aliphatic hydroxyl groups is 1. The highest BCUT2D eigenvalue weighted by Gasteiger charge is 2.22. The molecule has 0 fully saturated rings. The summed E-state index contributed by atoms with van der Waals surface area (Å²) in [5.74, 6) is 1.36.